The van der Waals surface area contributed by atoms with E-state index < -0.39 is 5.54 Å². The Kier molecular flexibility index (Phi) is 4.29. The summed E-state index contributed by atoms with van der Waals surface area (Å²) in [5, 5.41) is 8.68. The standard InChI is InChI=1S/C12H16N2O/c1-12(14,10-13)7-8-15-9-11-5-3-2-4-6-11/h2-6H,7-9,14H2,1H3. The van der Waals surface area contributed by atoms with Crippen LogP contribution in [0.1, 0.15) is 18.9 Å². The Morgan fingerprint density at radius 1 is 1.40 bits per heavy atom. The van der Waals surface area contributed by atoms with E-state index in [9.17, 15) is 0 Å². The van der Waals surface area contributed by atoms with Crippen molar-refractivity contribution in [3.8, 4) is 6.07 Å². The minimum atomic E-state index is -0.781. The van der Waals surface area contributed by atoms with Crippen LogP contribution < -0.4 is 5.73 Å². The summed E-state index contributed by atoms with van der Waals surface area (Å²) in [6.07, 6.45) is 0.552. The van der Waals surface area contributed by atoms with Gasteiger partial charge in [0.05, 0.1) is 12.7 Å². The first-order valence-electron chi connectivity index (χ1n) is 4.96. The second-order valence-electron chi connectivity index (χ2n) is 3.82. The second kappa shape index (κ2) is 5.50. The van der Waals surface area contributed by atoms with Crippen LogP contribution in [-0.4, -0.2) is 12.1 Å². The van der Waals surface area contributed by atoms with Gasteiger partial charge in [-0.2, -0.15) is 5.26 Å². The van der Waals surface area contributed by atoms with Crippen molar-refractivity contribution in [3.05, 3.63) is 35.9 Å². The smallest absolute Gasteiger partial charge is 0.103 e. The molecule has 0 saturated heterocycles. The Morgan fingerprint density at radius 2 is 2.07 bits per heavy atom. The molecule has 0 saturated carbocycles. The first kappa shape index (κ1) is 11.7. The van der Waals surface area contributed by atoms with Gasteiger partial charge in [0.15, 0.2) is 0 Å². The topological polar surface area (TPSA) is 59.0 Å². The third-order valence-electron chi connectivity index (χ3n) is 2.13. The number of hydrogen-bond donors (Lipinski definition) is 1. The second-order valence-corrected chi connectivity index (χ2v) is 3.82. The molecule has 15 heavy (non-hydrogen) atoms. The summed E-state index contributed by atoms with van der Waals surface area (Å²) in [7, 11) is 0. The van der Waals surface area contributed by atoms with Gasteiger partial charge in [-0.25, -0.2) is 0 Å². The van der Waals surface area contributed by atoms with Crippen LogP contribution in [0.25, 0.3) is 0 Å². The summed E-state index contributed by atoms with van der Waals surface area (Å²) in [4.78, 5) is 0. The molecule has 0 amide bonds. The number of rotatable bonds is 5. The Balaban J connectivity index is 2.21. The van der Waals surface area contributed by atoms with Crippen molar-refractivity contribution in [2.45, 2.75) is 25.5 Å². The van der Waals surface area contributed by atoms with E-state index in [2.05, 4.69) is 0 Å². The quantitative estimate of drug-likeness (QED) is 0.744. The SMILES string of the molecule is CC(N)(C#N)CCOCc1ccccc1. The van der Waals surface area contributed by atoms with Crippen LogP contribution in [0.15, 0.2) is 30.3 Å². The molecule has 2 N–H and O–H groups in total. The van der Waals surface area contributed by atoms with Crippen molar-refractivity contribution in [1.29, 1.82) is 5.26 Å². The Hall–Kier alpha value is -1.37. The minimum absolute atomic E-state index is 0.509. The van der Waals surface area contributed by atoms with Gasteiger partial charge in [-0.1, -0.05) is 30.3 Å². The molecule has 0 aliphatic heterocycles. The van der Waals surface area contributed by atoms with E-state index >= 15 is 0 Å². The lowest BCUT2D eigenvalue weighted by molar-refractivity contribution is 0.110. The summed E-state index contributed by atoms with van der Waals surface area (Å²) in [6, 6.07) is 12.0. The van der Waals surface area contributed by atoms with Gasteiger partial charge in [0.25, 0.3) is 0 Å². The molecule has 0 radical (unpaired) electrons. The molecule has 0 aromatic heterocycles. The van der Waals surface area contributed by atoms with Crippen molar-refractivity contribution < 1.29 is 4.74 Å². The number of ether oxygens (including phenoxy) is 1. The highest BCUT2D eigenvalue weighted by atomic mass is 16.5. The molecule has 0 fully saturated rings. The lowest BCUT2D eigenvalue weighted by atomic mass is 10.0. The van der Waals surface area contributed by atoms with Crippen molar-refractivity contribution in [2.75, 3.05) is 6.61 Å². The summed E-state index contributed by atoms with van der Waals surface area (Å²) >= 11 is 0. The van der Waals surface area contributed by atoms with Gasteiger partial charge < -0.3 is 10.5 Å². The van der Waals surface area contributed by atoms with Crippen LogP contribution in [0.2, 0.25) is 0 Å². The largest absolute Gasteiger partial charge is 0.377 e. The van der Waals surface area contributed by atoms with Crippen molar-refractivity contribution in [2.24, 2.45) is 5.73 Å². The summed E-state index contributed by atoms with van der Waals surface area (Å²) < 4.78 is 5.43. The lowest BCUT2D eigenvalue weighted by Crippen LogP contribution is -2.35. The van der Waals surface area contributed by atoms with E-state index in [-0.39, 0.29) is 0 Å². The zero-order valence-corrected chi connectivity index (χ0v) is 8.94. The molecular formula is C12H16N2O. The molecule has 1 aromatic rings. The van der Waals surface area contributed by atoms with Crippen molar-refractivity contribution >= 4 is 0 Å². The molecule has 0 aliphatic carbocycles. The minimum Gasteiger partial charge on any atom is -0.377 e. The fraction of sp³-hybridized carbons (Fsp3) is 0.417. The average Bonchev–Trinajstić information content (AvgIpc) is 2.26. The van der Waals surface area contributed by atoms with E-state index in [0.29, 0.717) is 19.6 Å². The van der Waals surface area contributed by atoms with Gasteiger partial charge >= 0.3 is 0 Å². The van der Waals surface area contributed by atoms with Gasteiger partial charge in [0.2, 0.25) is 0 Å². The molecular weight excluding hydrogens is 188 g/mol. The highest BCUT2D eigenvalue weighted by Gasteiger charge is 2.16. The van der Waals surface area contributed by atoms with Crippen LogP contribution >= 0.6 is 0 Å². The lowest BCUT2D eigenvalue weighted by Gasteiger charge is -2.14. The van der Waals surface area contributed by atoms with Crippen LogP contribution in [-0.2, 0) is 11.3 Å². The molecule has 3 nitrogen and oxygen atoms in total. The van der Waals surface area contributed by atoms with Crippen LogP contribution in [0.3, 0.4) is 0 Å². The number of benzene rings is 1. The molecule has 0 heterocycles. The van der Waals surface area contributed by atoms with Crippen LogP contribution in [0.4, 0.5) is 0 Å². The molecule has 1 aromatic carbocycles. The maximum atomic E-state index is 8.68. The fourth-order valence-corrected chi connectivity index (χ4v) is 1.10. The number of nitrogens with two attached hydrogens (primary N) is 1. The summed E-state index contributed by atoms with van der Waals surface area (Å²) in [5.41, 5.74) is 6.01. The summed E-state index contributed by atoms with van der Waals surface area (Å²) in [5.74, 6) is 0. The molecule has 1 atom stereocenters. The number of nitrogens with zero attached hydrogens (tertiary/aromatic N) is 1. The molecule has 0 bridgehead atoms. The molecule has 0 aliphatic rings. The monoisotopic (exact) mass is 204 g/mol. The Morgan fingerprint density at radius 3 is 2.67 bits per heavy atom. The first-order valence-corrected chi connectivity index (χ1v) is 4.96. The van der Waals surface area contributed by atoms with E-state index in [1.54, 1.807) is 6.92 Å². The van der Waals surface area contributed by atoms with Gasteiger partial charge in [-0.15, -0.1) is 0 Å². The van der Waals surface area contributed by atoms with E-state index in [0.717, 1.165) is 5.56 Å². The van der Waals surface area contributed by atoms with Crippen molar-refractivity contribution in [1.82, 2.24) is 0 Å². The van der Waals surface area contributed by atoms with E-state index in [4.69, 9.17) is 15.7 Å². The molecule has 3 heteroatoms. The fourth-order valence-electron chi connectivity index (χ4n) is 1.10. The zero-order chi connectivity index (χ0) is 11.1. The molecule has 1 unspecified atom stereocenters. The molecule has 0 spiro atoms. The summed E-state index contributed by atoms with van der Waals surface area (Å²) in [6.45, 7) is 2.79. The number of hydrogen-bond acceptors (Lipinski definition) is 3. The maximum absolute atomic E-state index is 8.68. The average molecular weight is 204 g/mol. The third kappa shape index (κ3) is 4.59. The number of nitriles is 1. The third-order valence-corrected chi connectivity index (χ3v) is 2.13. The molecule has 1 rings (SSSR count). The van der Waals surface area contributed by atoms with E-state index in [1.165, 1.54) is 0 Å². The highest BCUT2D eigenvalue weighted by molar-refractivity contribution is 5.13. The predicted octanol–water partition coefficient (Wildman–Crippen LogP) is 1.83. The Labute approximate surface area is 90.5 Å². The maximum Gasteiger partial charge on any atom is 0.103 e. The normalized spacial score (nSPS) is 14.2. The van der Waals surface area contributed by atoms with Crippen LogP contribution in [0.5, 0.6) is 0 Å². The van der Waals surface area contributed by atoms with Crippen LogP contribution in [0, 0.1) is 11.3 Å². The molecule has 80 valence electrons. The van der Waals surface area contributed by atoms with Gasteiger partial charge in [0.1, 0.15) is 5.54 Å². The van der Waals surface area contributed by atoms with Gasteiger partial charge in [0, 0.05) is 13.0 Å². The van der Waals surface area contributed by atoms with Gasteiger partial charge in [-0.3, -0.25) is 0 Å². The van der Waals surface area contributed by atoms with Gasteiger partial charge in [-0.05, 0) is 12.5 Å². The van der Waals surface area contributed by atoms with E-state index in [1.807, 2.05) is 36.4 Å². The van der Waals surface area contributed by atoms with Crippen molar-refractivity contribution in [3.63, 3.8) is 0 Å². The highest BCUT2D eigenvalue weighted by Crippen LogP contribution is 2.05. The zero-order valence-electron chi connectivity index (χ0n) is 8.94. The first-order chi connectivity index (χ1) is 7.14. The predicted molar refractivity (Wildman–Crippen MR) is 58.9 cm³/mol. The Bertz CT molecular complexity index is 327.